The Morgan fingerprint density at radius 2 is 1.80 bits per heavy atom. The summed E-state index contributed by atoms with van der Waals surface area (Å²) < 4.78 is 0. The van der Waals surface area contributed by atoms with Gasteiger partial charge in [-0.25, -0.2) is 0 Å². The van der Waals surface area contributed by atoms with Gasteiger partial charge in [0, 0.05) is 13.1 Å². The molecule has 0 bridgehead atoms. The van der Waals surface area contributed by atoms with Crippen LogP contribution in [0.5, 0.6) is 0 Å². The van der Waals surface area contributed by atoms with Crippen molar-refractivity contribution in [3.8, 4) is 0 Å². The second kappa shape index (κ2) is 2.97. The van der Waals surface area contributed by atoms with E-state index in [1.165, 1.54) is 12.8 Å². The molecular weight excluding hydrogens is 192 g/mol. The van der Waals surface area contributed by atoms with Crippen molar-refractivity contribution >= 4 is 11.8 Å². The highest BCUT2D eigenvalue weighted by Crippen LogP contribution is 2.62. The van der Waals surface area contributed by atoms with Crippen LogP contribution < -0.4 is 5.73 Å². The van der Waals surface area contributed by atoms with Gasteiger partial charge >= 0.3 is 11.8 Å². The van der Waals surface area contributed by atoms with Crippen molar-refractivity contribution in [1.29, 1.82) is 0 Å². The highest BCUT2D eigenvalue weighted by atomic mass is 16.2. The summed E-state index contributed by atoms with van der Waals surface area (Å²) in [6, 6.07) is 0. The number of amides is 2. The Labute approximate surface area is 89.8 Å². The zero-order chi connectivity index (χ0) is 11.3. The maximum atomic E-state index is 11.5. The Hall–Kier alpha value is -1.06. The average Bonchev–Trinajstić information content (AvgIpc) is 2.90. The summed E-state index contributed by atoms with van der Waals surface area (Å²) in [4.78, 5) is 23.9. The fourth-order valence-corrected chi connectivity index (χ4v) is 2.82. The third-order valence-electron chi connectivity index (χ3n) is 4.23. The van der Waals surface area contributed by atoms with Crippen molar-refractivity contribution in [2.75, 3.05) is 13.1 Å². The minimum atomic E-state index is -0.836. The van der Waals surface area contributed by atoms with Crippen LogP contribution in [-0.2, 0) is 9.59 Å². The van der Waals surface area contributed by atoms with Crippen LogP contribution >= 0.6 is 0 Å². The molecule has 4 heteroatoms. The summed E-state index contributed by atoms with van der Waals surface area (Å²) in [6.45, 7) is 5.71. The van der Waals surface area contributed by atoms with Gasteiger partial charge in [-0.05, 0) is 30.1 Å². The third kappa shape index (κ3) is 1.52. The molecule has 15 heavy (non-hydrogen) atoms. The van der Waals surface area contributed by atoms with Crippen LogP contribution in [0.1, 0.15) is 33.1 Å². The number of piperidine rings is 1. The number of carbonyl (C=O) groups excluding carboxylic acids is 2. The molecule has 2 N–H and O–H groups in total. The normalized spacial score (nSPS) is 26.4. The maximum Gasteiger partial charge on any atom is 0.311 e. The van der Waals surface area contributed by atoms with Gasteiger partial charge in [-0.3, -0.25) is 9.59 Å². The Morgan fingerprint density at radius 3 is 2.20 bits per heavy atom. The first-order valence-electron chi connectivity index (χ1n) is 5.47. The van der Waals surface area contributed by atoms with Gasteiger partial charge in [0.1, 0.15) is 0 Å². The third-order valence-corrected chi connectivity index (χ3v) is 4.23. The minimum Gasteiger partial charge on any atom is -0.361 e. The van der Waals surface area contributed by atoms with E-state index >= 15 is 0 Å². The molecule has 0 aromatic rings. The number of hydrogen-bond acceptors (Lipinski definition) is 2. The van der Waals surface area contributed by atoms with Gasteiger partial charge in [0.15, 0.2) is 0 Å². The summed E-state index contributed by atoms with van der Waals surface area (Å²) in [6.07, 6.45) is 3.54. The van der Waals surface area contributed by atoms with Crippen LogP contribution in [0.25, 0.3) is 0 Å². The fourth-order valence-electron chi connectivity index (χ4n) is 2.82. The molecule has 1 saturated carbocycles. The number of rotatable bonds is 0. The van der Waals surface area contributed by atoms with Gasteiger partial charge in [-0.2, -0.15) is 0 Å². The van der Waals surface area contributed by atoms with Gasteiger partial charge in [-0.1, -0.05) is 13.8 Å². The molecule has 1 aliphatic heterocycles. The lowest BCUT2D eigenvalue weighted by atomic mass is 9.71. The monoisotopic (exact) mass is 210 g/mol. The first-order valence-corrected chi connectivity index (χ1v) is 5.47. The number of likely N-dealkylation sites (tertiary alicyclic amines) is 1. The molecule has 1 aliphatic carbocycles. The molecule has 0 radical (unpaired) electrons. The van der Waals surface area contributed by atoms with E-state index in [1.54, 1.807) is 4.90 Å². The summed E-state index contributed by atoms with van der Waals surface area (Å²) in [7, 11) is 0. The largest absolute Gasteiger partial charge is 0.361 e. The number of primary amides is 1. The van der Waals surface area contributed by atoms with E-state index < -0.39 is 11.8 Å². The highest BCUT2D eigenvalue weighted by Gasteiger charge is 2.57. The van der Waals surface area contributed by atoms with Gasteiger partial charge in [0.25, 0.3) is 0 Å². The molecule has 0 aromatic carbocycles. The zero-order valence-corrected chi connectivity index (χ0v) is 9.38. The van der Waals surface area contributed by atoms with Crippen molar-refractivity contribution in [1.82, 2.24) is 4.90 Å². The Bertz CT molecular complexity index is 319. The van der Waals surface area contributed by atoms with Crippen molar-refractivity contribution in [3.63, 3.8) is 0 Å². The fraction of sp³-hybridized carbons (Fsp3) is 0.818. The zero-order valence-electron chi connectivity index (χ0n) is 9.38. The molecule has 2 fully saturated rings. The summed E-state index contributed by atoms with van der Waals surface area (Å²) in [5.41, 5.74) is 5.56. The lowest BCUT2D eigenvalue weighted by Gasteiger charge is -2.44. The molecule has 0 atom stereocenters. The highest BCUT2D eigenvalue weighted by molar-refractivity contribution is 6.34. The molecule has 1 spiro atoms. The summed E-state index contributed by atoms with van der Waals surface area (Å²) >= 11 is 0. The van der Waals surface area contributed by atoms with Crippen LogP contribution in [0, 0.1) is 10.8 Å². The second-order valence-corrected chi connectivity index (χ2v) is 5.51. The molecule has 4 nitrogen and oxygen atoms in total. The van der Waals surface area contributed by atoms with E-state index in [2.05, 4.69) is 13.8 Å². The van der Waals surface area contributed by atoms with E-state index in [0.29, 0.717) is 18.5 Å². The van der Waals surface area contributed by atoms with Crippen LogP contribution in [0.4, 0.5) is 0 Å². The van der Waals surface area contributed by atoms with Crippen LogP contribution in [-0.4, -0.2) is 29.8 Å². The standard InChI is InChI=1S/C11H18N2O2/c1-10(2)7-13(9(15)8(12)14)6-5-11(10)3-4-11/h3-7H2,1-2H3,(H2,12,14). The number of nitrogens with zero attached hydrogens (tertiary/aromatic N) is 1. The molecular formula is C11H18N2O2. The van der Waals surface area contributed by atoms with Crippen molar-refractivity contribution in [3.05, 3.63) is 0 Å². The molecule has 2 rings (SSSR count). The molecule has 0 unspecified atom stereocenters. The maximum absolute atomic E-state index is 11.5. The smallest absolute Gasteiger partial charge is 0.311 e. The number of carbonyl (C=O) groups is 2. The lowest BCUT2D eigenvalue weighted by molar-refractivity contribution is -0.147. The van der Waals surface area contributed by atoms with Crippen molar-refractivity contribution in [2.24, 2.45) is 16.6 Å². The summed E-state index contributed by atoms with van der Waals surface area (Å²) in [5, 5.41) is 0. The number of nitrogens with two attached hydrogens (primary N) is 1. The van der Waals surface area contributed by atoms with Gasteiger partial charge in [0.2, 0.25) is 0 Å². The quantitative estimate of drug-likeness (QED) is 0.592. The van der Waals surface area contributed by atoms with Crippen molar-refractivity contribution < 1.29 is 9.59 Å². The second-order valence-electron chi connectivity index (χ2n) is 5.51. The predicted molar refractivity (Wildman–Crippen MR) is 55.8 cm³/mol. The van der Waals surface area contributed by atoms with E-state index in [0.717, 1.165) is 6.42 Å². The predicted octanol–water partition coefficient (Wildman–Crippen LogP) is 0.510. The van der Waals surface area contributed by atoms with Crippen LogP contribution in [0.15, 0.2) is 0 Å². The molecule has 1 saturated heterocycles. The average molecular weight is 210 g/mol. The first kappa shape index (κ1) is 10.5. The molecule has 2 aliphatic rings. The SMILES string of the molecule is CC1(C)CN(C(=O)C(N)=O)CCC12CC2. The molecule has 1 heterocycles. The van der Waals surface area contributed by atoms with E-state index in [-0.39, 0.29) is 5.41 Å². The van der Waals surface area contributed by atoms with Crippen LogP contribution in [0.3, 0.4) is 0 Å². The van der Waals surface area contributed by atoms with Gasteiger partial charge in [0.05, 0.1) is 0 Å². The molecule has 0 aromatic heterocycles. The minimum absolute atomic E-state index is 0.121. The van der Waals surface area contributed by atoms with Crippen molar-refractivity contribution in [2.45, 2.75) is 33.1 Å². The Morgan fingerprint density at radius 1 is 1.20 bits per heavy atom. The van der Waals surface area contributed by atoms with Gasteiger partial charge in [-0.15, -0.1) is 0 Å². The molecule has 2 amide bonds. The van der Waals surface area contributed by atoms with E-state index in [1.807, 2.05) is 0 Å². The van der Waals surface area contributed by atoms with E-state index in [4.69, 9.17) is 5.73 Å². The number of hydrogen-bond donors (Lipinski definition) is 1. The first-order chi connectivity index (χ1) is 6.88. The van der Waals surface area contributed by atoms with Crippen LogP contribution in [0.2, 0.25) is 0 Å². The Balaban J connectivity index is 2.09. The lowest BCUT2D eigenvalue weighted by Crippen LogP contribution is -2.52. The Kier molecular flexibility index (Phi) is 2.07. The molecule has 84 valence electrons. The van der Waals surface area contributed by atoms with E-state index in [9.17, 15) is 9.59 Å². The summed E-state index contributed by atoms with van der Waals surface area (Å²) in [5.74, 6) is -1.36. The topological polar surface area (TPSA) is 63.4 Å². The van der Waals surface area contributed by atoms with Gasteiger partial charge < -0.3 is 10.6 Å².